The molecule has 0 fully saturated rings. The summed E-state index contributed by atoms with van der Waals surface area (Å²) in [5.74, 6) is 3.52. The third-order valence-corrected chi connectivity index (χ3v) is 5.13. The molecule has 0 atom stereocenters. The molecule has 0 spiro atoms. The van der Waals surface area contributed by atoms with Crippen molar-refractivity contribution in [2.75, 3.05) is 0 Å². The first-order valence-corrected chi connectivity index (χ1v) is 8.78. The van der Waals surface area contributed by atoms with Gasteiger partial charge in [-0.05, 0) is 35.4 Å². The van der Waals surface area contributed by atoms with Gasteiger partial charge in [0.05, 0.1) is 5.76 Å². The molecule has 0 unspecified atom stereocenters. The van der Waals surface area contributed by atoms with Crippen molar-refractivity contribution in [3.05, 3.63) is 96.4 Å². The van der Waals surface area contributed by atoms with Gasteiger partial charge >= 0.3 is 0 Å². The highest BCUT2D eigenvalue weighted by Gasteiger charge is 2.41. The van der Waals surface area contributed by atoms with E-state index in [1.54, 1.807) is 6.08 Å². The molecule has 0 aromatic heterocycles. The third-order valence-electron chi connectivity index (χ3n) is 5.13. The average Bonchev–Trinajstić information content (AvgIpc) is 2.67. The highest BCUT2D eigenvalue weighted by atomic mass is 16.5. The van der Waals surface area contributed by atoms with E-state index >= 15 is 0 Å². The quantitative estimate of drug-likeness (QED) is 0.623. The lowest BCUT2D eigenvalue weighted by molar-refractivity contribution is 0.402. The second-order valence-corrected chi connectivity index (χ2v) is 6.62. The molecule has 2 heterocycles. The maximum Gasteiger partial charge on any atom is 0.260 e. The minimum absolute atomic E-state index is 0.0968. The highest BCUT2D eigenvalue weighted by molar-refractivity contribution is 6.93. The molecular formula is C23H17BO2. The molecule has 0 radical (unpaired) electrons. The van der Waals surface area contributed by atoms with Crippen molar-refractivity contribution in [1.29, 1.82) is 0 Å². The van der Waals surface area contributed by atoms with Gasteiger partial charge in [0.25, 0.3) is 6.71 Å². The smallest absolute Gasteiger partial charge is 0.260 e. The van der Waals surface area contributed by atoms with Gasteiger partial charge in [-0.1, -0.05) is 67.3 Å². The van der Waals surface area contributed by atoms with Gasteiger partial charge in [0.1, 0.15) is 17.3 Å². The number of hydrogen-bond donors (Lipinski definition) is 0. The summed E-state index contributed by atoms with van der Waals surface area (Å²) in [6.45, 7) is 5.96. The van der Waals surface area contributed by atoms with E-state index in [0.717, 1.165) is 33.9 Å². The Kier molecular flexibility index (Phi) is 3.29. The number of para-hydroxylation sites is 1. The van der Waals surface area contributed by atoms with Crippen LogP contribution in [0.5, 0.6) is 11.5 Å². The Morgan fingerprint density at radius 2 is 1.69 bits per heavy atom. The standard InChI is InChI=1S/C23H17BO2/c1-3-8-21-22-15(2)25-20-12-7-6-11-18(20)24(22)19-14-13-16-9-4-5-10-17(16)23(19)26-21/h3-14H,1H2,2H3/b21-8+. The zero-order chi connectivity index (χ0) is 17.7. The Labute approximate surface area is 153 Å². The Morgan fingerprint density at radius 1 is 0.885 bits per heavy atom. The predicted molar refractivity (Wildman–Crippen MR) is 108 cm³/mol. The molecular weight excluding hydrogens is 319 g/mol. The van der Waals surface area contributed by atoms with Crippen LogP contribution < -0.4 is 20.4 Å². The molecule has 2 aliphatic rings. The third kappa shape index (κ3) is 2.07. The average molecular weight is 336 g/mol. The summed E-state index contributed by atoms with van der Waals surface area (Å²) in [5, 5.41) is 2.30. The molecule has 0 amide bonds. The van der Waals surface area contributed by atoms with Crippen molar-refractivity contribution in [3.8, 4) is 11.5 Å². The first kappa shape index (κ1) is 15.1. The molecule has 2 nitrogen and oxygen atoms in total. The molecule has 3 heteroatoms. The van der Waals surface area contributed by atoms with E-state index in [0.29, 0.717) is 0 Å². The van der Waals surface area contributed by atoms with Crippen LogP contribution in [0.4, 0.5) is 0 Å². The van der Waals surface area contributed by atoms with E-state index in [9.17, 15) is 0 Å². The van der Waals surface area contributed by atoms with Crippen LogP contribution in [-0.4, -0.2) is 6.71 Å². The van der Waals surface area contributed by atoms with Gasteiger partial charge in [0.15, 0.2) is 0 Å². The van der Waals surface area contributed by atoms with Gasteiger partial charge in [-0.2, -0.15) is 0 Å². The Balaban J connectivity index is 1.87. The Morgan fingerprint density at radius 3 is 2.58 bits per heavy atom. The van der Waals surface area contributed by atoms with E-state index in [4.69, 9.17) is 9.47 Å². The molecule has 0 saturated carbocycles. The molecule has 0 aliphatic carbocycles. The van der Waals surface area contributed by atoms with Crippen molar-refractivity contribution in [2.45, 2.75) is 6.92 Å². The summed E-state index contributed by atoms with van der Waals surface area (Å²) in [6.07, 6.45) is 3.69. The van der Waals surface area contributed by atoms with E-state index in [2.05, 4.69) is 55.1 Å². The zero-order valence-electron chi connectivity index (χ0n) is 14.5. The number of allylic oxidation sites excluding steroid dienone is 4. The Hall–Kier alpha value is -3.20. The van der Waals surface area contributed by atoms with Crippen molar-refractivity contribution < 1.29 is 9.47 Å². The van der Waals surface area contributed by atoms with Gasteiger partial charge in [-0.3, -0.25) is 0 Å². The van der Waals surface area contributed by atoms with Gasteiger partial charge < -0.3 is 9.47 Å². The fourth-order valence-corrected chi connectivity index (χ4v) is 4.03. The second kappa shape index (κ2) is 5.67. The molecule has 3 aromatic rings. The number of benzene rings is 3. The number of fused-ring (bicyclic) bond motifs is 7. The van der Waals surface area contributed by atoms with Crippen LogP contribution in [0.25, 0.3) is 10.8 Å². The summed E-state index contributed by atoms with van der Waals surface area (Å²) in [7, 11) is 0. The minimum atomic E-state index is 0.0968. The second-order valence-electron chi connectivity index (χ2n) is 6.62. The molecule has 2 aliphatic heterocycles. The topological polar surface area (TPSA) is 18.5 Å². The lowest BCUT2D eigenvalue weighted by Crippen LogP contribution is -2.51. The Bertz CT molecular complexity index is 1120. The molecule has 124 valence electrons. The van der Waals surface area contributed by atoms with Crippen LogP contribution in [0.1, 0.15) is 6.92 Å². The monoisotopic (exact) mass is 336 g/mol. The predicted octanol–water partition coefficient (Wildman–Crippen LogP) is 4.12. The largest absolute Gasteiger partial charge is 0.463 e. The van der Waals surface area contributed by atoms with Gasteiger partial charge in [0, 0.05) is 10.9 Å². The fraction of sp³-hybridized carbons (Fsp3) is 0.0435. The van der Waals surface area contributed by atoms with E-state index < -0.39 is 0 Å². The lowest BCUT2D eigenvalue weighted by Gasteiger charge is -2.34. The summed E-state index contributed by atoms with van der Waals surface area (Å²) >= 11 is 0. The summed E-state index contributed by atoms with van der Waals surface area (Å²) in [4.78, 5) is 0. The van der Waals surface area contributed by atoms with E-state index in [-0.39, 0.29) is 6.71 Å². The molecule has 0 bridgehead atoms. The number of rotatable bonds is 1. The maximum absolute atomic E-state index is 6.39. The first-order valence-electron chi connectivity index (χ1n) is 8.78. The van der Waals surface area contributed by atoms with Gasteiger partial charge in [-0.15, -0.1) is 0 Å². The van der Waals surface area contributed by atoms with Gasteiger partial charge in [0.2, 0.25) is 0 Å². The molecule has 0 saturated heterocycles. The van der Waals surface area contributed by atoms with Crippen molar-refractivity contribution in [3.63, 3.8) is 0 Å². The zero-order valence-corrected chi connectivity index (χ0v) is 14.5. The fourth-order valence-electron chi connectivity index (χ4n) is 4.03. The van der Waals surface area contributed by atoms with Crippen LogP contribution in [0, 0.1) is 0 Å². The highest BCUT2D eigenvalue weighted by Crippen LogP contribution is 2.37. The van der Waals surface area contributed by atoms with Crippen LogP contribution in [0.15, 0.2) is 96.4 Å². The summed E-state index contributed by atoms with van der Waals surface area (Å²) in [6, 6.07) is 20.9. The van der Waals surface area contributed by atoms with Crippen LogP contribution in [0.2, 0.25) is 0 Å². The van der Waals surface area contributed by atoms with Crippen molar-refractivity contribution in [2.24, 2.45) is 0 Å². The summed E-state index contributed by atoms with van der Waals surface area (Å²) < 4.78 is 12.5. The SMILES string of the molecule is C=C/C=C1/Oc2c(ccc3ccccc23)B2C1=C(C)Oc1ccccc12. The number of ether oxygens (including phenoxy) is 2. The van der Waals surface area contributed by atoms with Crippen LogP contribution in [-0.2, 0) is 0 Å². The van der Waals surface area contributed by atoms with Crippen LogP contribution >= 0.6 is 0 Å². The van der Waals surface area contributed by atoms with Gasteiger partial charge in [-0.25, -0.2) is 0 Å². The first-order chi connectivity index (χ1) is 12.8. The minimum Gasteiger partial charge on any atom is -0.463 e. The maximum atomic E-state index is 6.39. The lowest BCUT2D eigenvalue weighted by atomic mass is 9.34. The number of hydrogen-bond acceptors (Lipinski definition) is 2. The normalized spacial score (nSPS) is 16.5. The molecule has 26 heavy (non-hydrogen) atoms. The molecule has 0 N–H and O–H groups in total. The van der Waals surface area contributed by atoms with Crippen LogP contribution in [0.3, 0.4) is 0 Å². The molecule has 3 aromatic carbocycles. The molecule has 5 rings (SSSR count). The van der Waals surface area contributed by atoms with Crippen molar-refractivity contribution in [1.82, 2.24) is 0 Å². The van der Waals surface area contributed by atoms with E-state index in [1.165, 1.54) is 16.3 Å². The van der Waals surface area contributed by atoms with E-state index in [1.807, 2.05) is 25.1 Å². The van der Waals surface area contributed by atoms with Crippen molar-refractivity contribution >= 4 is 28.4 Å². The summed E-state index contributed by atoms with van der Waals surface area (Å²) in [5.41, 5.74) is 3.42.